The van der Waals surface area contributed by atoms with Crippen molar-refractivity contribution in [2.24, 2.45) is 17.8 Å². The zero-order valence-electron chi connectivity index (χ0n) is 16.8. The van der Waals surface area contributed by atoms with Crippen LogP contribution in [-0.2, 0) is 4.79 Å². The van der Waals surface area contributed by atoms with Crippen molar-refractivity contribution in [1.82, 2.24) is 19.9 Å². The summed E-state index contributed by atoms with van der Waals surface area (Å²) in [4.78, 5) is 30.7. The van der Waals surface area contributed by atoms with Gasteiger partial charge in [0.05, 0.1) is 24.9 Å². The number of fused-ring (bicyclic) bond motifs is 5. The number of carbonyl (C=O) groups is 1. The molecule has 1 aliphatic heterocycles. The number of H-pyrrole nitrogens is 1. The molecule has 160 valence electrons. The third-order valence-corrected chi connectivity index (χ3v) is 7.16. The van der Waals surface area contributed by atoms with Crippen LogP contribution in [0.3, 0.4) is 0 Å². The maximum absolute atomic E-state index is 13.8. The third-order valence-electron chi connectivity index (χ3n) is 7.16. The lowest BCUT2D eigenvalue weighted by Crippen LogP contribution is -2.58. The SMILES string of the molecule is O=C(O)[C@H]1C2CCC(CC2)[C@@H]1N1CCOc2cnc(-c3c[nH]c4ncc(F)cc34)nc21. The summed E-state index contributed by atoms with van der Waals surface area (Å²) in [6.07, 6.45) is 8.59. The molecule has 0 radical (unpaired) electrons. The van der Waals surface area contributed by atoms with Gasteiger partial charge >= 0.3 is 5.97 Å². The van der Waals surface area contributed by atoms with Crippen molar-refractivity contribution in [3.8, 4) is 17.1 Å². The van der Waals surface area contributed by atoms with Gasteiger partial charge in [0.25, 0.3) is 0 Å². The number of halogens is 1. The standard InChI is InChI=1S/C22H22FN5O3/c23-13-7-14-15(9-25-19(14)24-8-13)20-26-10-16-21(27-20)28(5-6-31-16)18-12-3-1-11(2-4-12)17(18)22(29)30/h7-12,17-18H,1-6H2,(H,24,25)(H,29,30)/t11?,12?,17-,18-/m0/s1. The van der Waals surface area contributed by atoms with Crippen LogP contribution >= 0.6 is 0 Å². The highest BCUT2D eigenvalue weighted by molar-refractivity contribution is 5.91. The first-order valence-corrected chi connectivity index (χ1v) is 10.7. The average Bonchev–Trinajstić information content (AvgIpc) is 3.21. The van der Waals surface area contributed by atoms with Crippen molar-refractivity contribution in [3.05, 3.63) is 30.5 Å². The maximum atomic E-state index is 13.8. The molecule has 8 nitrogen and oxygen atoms in total. The van der Waals surface area contributed by atoms with Crippen molar-refractivity contribution in [3.63, 3.8) is 0 Å². The van der Waals surface area contributed by atoms with Crippen molar-refractivity contribution in [1.29, 1.82) is 0 Å². The lowest BCUT2D eigenvalue weighted by Gasteiger charge is -2.52. The molecule has 0 spiro atoms. The fraction of sp³-hybridized carbons (Fsp3) is 0.455. The fourth-order valence-corrected chi connectivity index (χ4v) is 5.83. The summed E-state index contributed by atoms with van der Waals surface area (Å²) in [5.74, 6) is 0.607. The van der Waals surface area contributed by atoms with Gasteiger partial charge in [0.15, 0.2) is 17.4 Å². The third kappa shape index (κ3) is 2.86. The summed E-state index contributed by atoms with van der Waals surface area (Å²) in [7, 11) is 0. The molecule has 4 aliphatic rings. The van der Waals surface area contributed by atoms with Gasteiger partial charge in [0, 0.05) is 23.2 Å². The summed E-state index contributed by atoms with van der Waals surface area (Å²) < 4.78 is 19.6. The Balaban J connectivity index is 1.45. The molecule has 2 atom stereocenters. The molecule has 2 N–H and O–H groups in total. The molecule has 3 saturated carbocycles. The first kappa shape index (κ1) is 18.5. The van der Waals surface area contributed by atoms with Crippen molar-refractivity contribution in [2.75, 3.05) is 18.1 Å². The zero-order chi connectivity index (χ0) is 21.1. The van der Waals surface area contributed by atoms with Gasteiger partial charge in [0.1, 0.15) is 18.1 Å². The molecule has 3 fully saturated rings. The number of hydrogen-bond donors (Lipinski definition) is 2. The van der Waals surface area contributed by atoms with E-state index in [1.807, 2.05) is 0 Å². The molecule has 2 bridgehead atoms. The van der Waals surface area contributed by atoms with Crippen LogP contribution in [-0.4, -0.2) is 50.2 Å². The highest BCUT2D eigenvalue weighted by atomic mass is 19.1. The van der Waals surface area contributed by atoms with E-state index in [2.05, 4.69) is 19.9 Å². The summed E-state index contributed by atoms with van der Waals surface area (Å²) in [5, 5.41) is 10.6. The largest absolute Gasteiger partial charge is 0.486 e. The van der Waals surface area contributed by atoms with Crippen molar-refractivity contribution < 1.29 is 19.0 Å². The van der Waals surface area contributed by atoms with E-state index in [9.17, 15) is 14.3 Å². The molecule has 3 aromatic rings. The lowest BCUT2D eigenvalue weighted by molar-refractivity contribution is -0.149. The van der Waals surface area contributed by atoms with Gasteiger partial charge in [-0.15, -0.1) is 0 Å². The molecular weight excluding hydrogens is 401 g/mol. The van der Waals surface area contributed by atoms with Crippen molar-refractivity contribution >= 4 is 22.8 Å². The van der Waals surface area contributed by atoms with Crippen LogP contribution < -0.4 is 9.64 Å². The summed E-state index contributed by atoms with van der Waals surface area (Å²) in [6, 6.07) is 1.31. The first-order valence-electron chi connectivity index (χ1n) is 10.7. The number of aliphatic carboxylic acids is 1. The van der Waals surface area contributed by atoms with E-state index in [1.54, 1.807) is 12.4 Å². The Bertz CT molecular complexity index is 1170. The van der Waals surface area contributed by atoms with Gasteiger partial charge in [-0.1, -0.05) is 0 Å². The highest BCUT2D eigenvalue weighted by Gasteiger charge is 2.50. The Morgan fingerprint density at radius 2 is 2.00 bits per heavy atom. The normalized spacial score (nSPS) is 27.2. The van der Waals surface area contributed by atoms with Crippen LogP contribution in [0.5, 0.6) is 5.75 Å². The smallest absolute Gasteiger partial charge is 0.308 e. The van der Waals surface area contributed by atoms with E-state index < -0.39 is 17.7 Å². The minimum atomic E-state index is -0.722. The molecule has 7 rings (SSSR count). The second-order valence-corrected chi connectivity index (χ2v) is 8.70. The quantitative estimate of drug-likeness (QED) is 0.666. The summed E-state index contributed by atoms with van der Waals surface area (Å²) >= 11 is 0. The van der Waals surface area contributed by atoms with E-state index in [-0.39, 0.29) is 12.0 Å². The molecule has 0 unspecified atom stereocenters. The number of pyridine rings is 1. The zero-order valence-corrected chi connectivity index (χ0v) is 16.8. The highest BCUT2D eigenvalue weighted by Crippen LogP contribution is 2.49. The van der Waals surface area contributed by atoms with Crippen LogP contribution in [0, 0.1) is 23.6 Å². The molecule has 3 aromatic heterocycles. The second kappa shape index (κ2) is 6.90. The number of aromatic amines is 1. The Labute approximate surface area is 177 Å². The number of nitrogens with zero attached hydrogens (tertiary/aromatic N) is 4. The Kier molecular flexibility index (Phi) is 4.12. The van der Waals surface area contributed by atoms with Gasteiger partial charge in [0.2, 0.25) is 0 Å². The van der Waals surface area contributed by atoms with Gasteiger partial charge in [-0.25, -0.2) is 19.3 Å². The molecule has 31 heavy (non-hydrogen) atoms. The van der Waals surface area contributed by atoms with Gasteiger partial charge in [-0.05, 0) is 43.6 Å². The molecule has 0 amide bonds. The van der Waals surface area contributed by atoms with Crippen LogP contribution in [0.4, 0.5) is 10.2 Å². The predicted octanol–water partition coefficient (Wildman–Crippen LogP) is 3.25. The number of carboxylic acid groups (broad SMARTS) is 1. The van der Waals surface area contributed by atoms with Crippen LogP contribution in [0.15, 0.2) is 24.7 Å². The van der Waals surface area contributed by atoms with Crippen LogP contribution in [0.2, 0.25) is 0 Å². The van der Waals surface area contributed by atoms with Crippen molar-refractivity contribution in [2.45, 2.75) is 31.7 Å². The maximum Gasteiger partial charge on any atom is 0.308 e. The topological polar surface area (TPSA) is 104 Å². The monoisotopic (exact) mass is 423 g/mol. The number of anilines is 1. The summed E-state index contributed by atoms with van der Waals surface area (Å²) in [5.41, 5.74) is 1.21. The van der Waals surface area contributed by atoms with Crippen LogP contribution in [0.25, 0.3) is 22.4 Å². The number of aromatic nitrogens is 4. The Morgan fingerprint density at radius 1 is 1.19 bits per heavy atom. The number of carboxylic acids is 1. The fourth-order valence-electron chi connectivity index (χ4n) is 5.83. The van der Waals surface area contributed by atoms with E-state index in [1.165, 1.54) is 6.07 Å². The number of rotatable bonds is 3. The molecule has 9 heteroatoms. The first-order chi connectivity index (χ1) is 15.1. The number of nitrogens with one attached hydrogen (secondary N) is 1. The lowest BCUT2D eigenvalue weighted by atomic mass is 9.61. The Morgan fingerprint density at radius 3 is 2.81 bits per heavy atom. The van der Waals surface area contributed by atoms with E-state index >= 15 is 0 Å². The van der Waals surface area contributed by atoms with Gasteiger partial charge < -0.3 is 19.7 Å². The van der Waals surface area contributed by atoms with E-state index in [4.69, 9.17) is 9.72 Å². The average molecular weight is 423 g/mol. The molecule has 4 heterocycles. The van der Waals surface area contributed by atoms with E-state index in [0.717, 1.165) is 31.9 Å². The minimum Gasteiger partial charge on any atom is -0.486 e. The van der Waals surface area contributed by atoms with E-state index in [0.29, 0.717) is 53.1 Å². The minimum absolute atomic E-state index is 0.0996. The molecule has 3 aliphatic carbocycles. The predicted molar refractivity (Wildman–Crippen MR) is 110 cm³/mol. The van der Waals surface area contributed by atoms with Gasteiger partial charge in [-0.2, -0.15) is 0 Å². The number of hydrogen-bond acceptors (Lipinski definition) is 6. The summed E-state index contributed by atoms with van der Waals surface area (Å²) in [6.45, 7) is 1.06. The Hall–Kier alpha value is -3.23. The molecule has 0 aromatic carbocycles. The van der Waals surface area contributed by atoms with Gasteiger partial charge in [-0.3, -0.25) is 4.79 Å². The molecular formula is C22H22FN5O3. The second-order valence-electron chi connectivity index (χ2n) is 8.70. The molecule has 0 saturated heterocycles. The number of ether oxygens (including phenoxy) is 1. The van der Waals surface area contributed by atoms with Crippen LogP contribution in [0.1, 0.15) is 25.7 Å².